The molecule has 1 aromatic rings. The zero-order chi connectivity index (χ0) is 11.6. The van der Waals surface area contributed by atoms with E-state index in [0.717, 1.165) is 12.1 Å². The first-order valence-corrected chi connectivity index (χ1v) is 3.94. The van der Waals surface area contributed by atoms with Gasteiger partial charge in [0.05, 0.1) is 0 Å². The number of benzene rings is 1. The molecule has 1 N–H and O–H groups in total. The standard InChI is InChI=1S/C9H7F4NO/c1-5-2-6(10)4-7(3-5)14-8(15)9(11,12)13/h2-4H,1H3,(H,14,15). The van der Waals surface area contributed by atoms with Crippen molar-refractivity contribution in [2.75, 3.05) is 5.32 Å². The van der Waals surface area contributed by atoms with Crippen molar-refractivity contribution in [3.63, 3.8) is 0 Å². The molecule has 82 valence electrons. The molecule has 0 aromatic heterocycles. The van der Waals surface area contributed by atoms with E-state index in [9.17, 15) is 22.4 Å². The number of amides is 1. The van der Waals surface area contributed by atoms with Gasteiger partial charge in [0.15, 0.2) is 0 Å². The van der Waals surface area contributed by atoms with Crippen molar-refractivity contribution in [3.05, 3.63) is 29.6 Å². The zero-order valence-electron chi connectivity index (χ0n) is 7.65. The van der Waals surface area contributed by atoms with E-state index in [1.54, 1.807) is 5.32 Å². The van der Waals surface area contributed by atoms with E-state index in [4.69, 9.17) is 0 Å². The molecule has 0 radical (unpaired) electrons. The lowest BCUT2D eigenvalue weighted by Crippen LogP contribution is -2.29. The fourth-order valence-corrected chi connectivity index (χ4v) is 1.01. The predicted octanol–water partition coefficient (Wildman–Crippen LogP) is 2.63. The highest BCUT2D eigenvalue weighted by Gasteiger charge is 2.38. The summed E-state index contributed by atoms with van der Waals surface area (Å²) in [4.78, 5) is 10.5. The van der Waals surface area contributed by atoms with Crippen LogP contribution < -0.4 is 5.32 Å². The summed E-state index contributed by atoms with van der Waals surface area (Å²) in [6.07, 6.45) is -4.97. The minimum Gasteiger partial charge on any atom is -0.318 e. The summed E-state index contributed by atoms with van der Waals surface area (Å²) in [5.41, 5.74) is 0.210. The van der Waals surface area contributed by atoms with Crippen LogP contribution in [0.1, 0.15) is 5.56 Å². The van der Waals surface area contributed by atoms with E-state index in [2.05, 4.69) is 0 Å². The van der Waals surface area contributed by atoms with E-state index in [-0.39, 0.29) is 5.69 Å². The van der Waals surface area contributed by atoms with Crippen LogP contribution in [0.4, 0.5) is 23.2 Å². The van der Waals surface area contributed by atoms with Crippen LogP contribution >= 0.6 is 0 Å². The number of aryl methyl sites for hydroxylation is 1. The fourth-order valence-electron chi connectivity index (χ4n) is 1.01. The van der Waals surface area contributed by atoms with Crippen molar-refractivity contribution in [2.24, 2.45) is 0 Å². The van der Waals surface area contributed by atoms with Gasteiger partial charge >= 0.3 is 12.1 Å². The number of hydrogen-bond acceptors (Lipinski definition) is 1. The molecule has 1 aromatic carbocycles. The summed E-state index contributed by atoms with van der Waals surface area (Å²) in [7, 11) is 0. The molecule has 0 atom stereocenters. The molecule has 1 amide bonds. The summed E-state index contributed by atoms with van der Waals surface area (Å²) in [6, 6.07) is 3.20. The number of hydrogen-bond donors (Lipinski definition) is 1. The molecular formula is C9H7F4NO. The summed E-state index contributed by atoms with van der Waals surface area (Å²) in [5.74, 6) is -2.82. The number of halogens is 4. The normalized spacial score (nSPS) is 11.3. The Balaban J connectivity index is 2.86. The van der Waals surface area contributed by atoms with Gasteiger partial charge in [-0.2, -0.15) is 13.2 Å². The maximum absolute atomic E-state index is 12.7. The number of alkyl halides is 3. The molecule has 0 bridgehead atoms. The maximum atomic E-state index is 12.7. The summed E-state index contributed by atoms with van der Waals surface area (Å²) in [5, 5.41) is 1.56. The molecule has 0 spiro atoms. The Hall–Kier alpha value is -1.59. The Bertz CT molecular complexity index is 366. The highest BCUT2D eigenvalue weighted by molar-refractivity contribution is 5.94. The second-order valence-corrected chi connectivity index (χ2v) is 2.97. The average Bonchev–Trinajstić information content (AvgIpc) is 1.99. The summed E-state index contributed by atoms with van der Waals surface area (Å²) < 4.78 is 48.2. The van der Waals surface area contributed by atoms with E-state index in [1.165, 1.54) is 13.0 Å². The predicted molar refractivity (Wildman–Crippen MR) is 45.8 cm³/mol. The van der Waals surface area contributed by atoms with E-state index in [1.807, 2.05) is 0 Å². The number of anilines is 1. The molecule has 0 aliphatic carbocycles. The van der Waals surface area contributed by atoms with Crippen LogP contribution in [-0.4, -0.2) is 12.1 Å². The van der Waals surface area contributed by atoms with Crippen molar-refractivity contribution in [1.82, 2.24) is 0 Å². The SMILES string of the molecule is Cc1cc(F)cc(NC(=O)C(F)(F)F)c1. The molecule has 0 saturated carbocycles. The largest absolute Gasteiger partial charge is 0.471 e. The molecule has 0 unspecified atom stereocenters. The highest BCUT2D eigenvalue weighted by atomic mass is 19.4. The van der Waals surface area contributed by atoms with Crippen molar-refractivity contribution < 1.29 is 22.4 Å². The van der Waals surface area contributed by atoms with Gasteiger partial charge in [0.1, 0.15) is 5.82 Å². The van der Waals surface area contributed by atoms with Crippen LogP contribution in [0.15, 0.2) is 18.2 Å². The molecule has 0 saturated heterocycles. The van der Waals surface area contributed by atoms with Gasteiger partial charge in [-0.1, -0.05) is 0 Å². The van der Waals surface area contributed by atoms with Crippen LogP contribution in [-0.2, 0) is 4.79 Å². The molecule has 0 fully saturated rings. The Kier molecular flexibility index (Phi) is 2.97. The number of carbonyl (C=O) groups excluding carboxylic acids is 1. The summed E-state index contributed by atoms with van der Waals surface area (Å²) in [6.45, 7) is 1.51. The van der Waals surface area contributed by atoms with Crippen LogP contribution in [0.5, 0.6) is 0 Å². The molecule has 0 heterocycles. The maximum Gasteiger partial charge on any atom is 0.471 e. The lowest BCUT2D eigenvalue weighted by molar-refractivity contribution is -0.167. The number of nitrogens with one attached hydrogen (secondary N) is 1. The van der Waals surface area contributed by atoms with Gasteiger partial charge in [0.2, 0.25) is 0 Å². The van der Waals surface area contributed by atoms with Crippen LogP contribution in [0, 0.1) is 12.7 Å². The van der Waals surface area contributed by atoms with Crippen LogP contribution in [0.25, 0.3) is 0 Å². The van der Waals surface area contributed by atoms with Gasteiger partial charge in [0, 0.05) is 5.69 Å². The van der Waals surface area contributed by atoms with Gasteiger partial charge in [-0.15, -0.1) is 0 Å². The third-order valence-electron chi connectivity index (χ3n) is 1.56. The van der Waals surface area contributed by atoms with Crippen LogP contribution in [0.2, 0.25) is 0 Å². The Labute approximate surface area is 82.9 Å². The topological polar surface area (TPSA) is 29.1 Å². The van der Waals surface area contributed by atoms with Crippen molar-refractivity contribution in [3.8, 4) is 0 Å². The molecule has 0 aliphatic heterocycles. The van der Waals surface area contributed by atoms with E-state index in [0.29, 0.717) is 5.56 Å². The third-order valence-corrected chi connectivity index (χ3v) is 1.56. The molecule has 2 nitrogen and oxygen atoms in total. The first-order valence-electron chi connectivity index (χ1n) is 3.94. The van der Waals surface area contributed by atoms with Crippen LogP contribution in [0.3, 0.4) is 0 Å². The number of carbonyl (C=O) groups is 1. The van der Waals surface area contributed by atoms with Gasteiger partial charge < -0.3 is 5.32 Å². The smallest absolute Gasteiger partial charge is 0.318 e. The van der Waals surface area contributed by atoms with E-state index >= 15 is 0 Å². The van der Waals surface area contributed by atoms with Gasteiger partial charge in [-0.25, -0.2) is 4.39 Å². The molecular weight excluding hydrogens is 214 g/mol. The molecule has 1 rings (SSSR count). The van der Waals surface area contributed by atoms with Crippen molar-refractivity contribution in [2.45, 2.75) is 13.1 Å². The van der Waals surface area contributed by atoms with Gasteiger partial charge in [-0.05, 0) is 30.7 Å². The minimum atomic E-state index is -4.97. The lowest BCUT2D eigenvalue weighted by Gasteiger charge is -2.08. The molecule has 0 aliphatic rings. The Morgan fingerprint density at radius 3 is 2.33 bits per heavy atom. The second-order valence-electron chi connectivity index (χ2n) is 2.97. The fraction of sp³-hybridized carbons (Fsp3) is 0.222. The first kappa shape index (κ1) is 11.5. The van der Waals surface area contributed by atoms with Gasteiger partial charge in [0.25, 0.3) is 0 Å². The lowest BCUT2D eigenvalue weighted by atomic mass is 10.2. The Morgan fingerprint density at radius 1 is 1.27 bits per heavy atom. The highest BCUT2D eigenvalue weighted by Crippen LogP contribution is 2.19. The van der Waals surface area contributed by atoms with Gasteiger partial charge in [-0.3, -0.25) is 4.79 Å². The molecule has 15 heavy (non-hydrogen) atoms. The average molecular weight is 221 g/mol. The summed E-state index contributed by atoms with van der Waals surface area (Å²) >= 11 is 0. The number of rotatable bonds is 1. The van der Waals surface area contributed by atoms with E-state index < -0.39 is 17.9 Å². The zero-order valence-corrected chi connectivity index (χ0v) is 7.65. The minimum absolute atomic E-state index is 0.213. The van der Waals surface area contributed by atoms with Crippen molar-refractivity contribution >= 4 is 11.6 Å². The quantitative estimate of drug-likeness (QED) is 0.725. The second kappa shape index (κ2) is 3.88. The Morgan fingerprint density at radius 2 is 1.87 bits per heavy atom. The monoisotopic (exact) mass is 221 g/mol. The molecule has 6 heteroatoms. The third kappa shape index (κ3) is 3.23. The first-order chi connectivity index (χ1) is 6.79. The van der Waals surface area contributed by atoms with Crippen molar-refractivity contribution in [1.29, 1.82) is 0 Å².